The third-order valence-electron chi connectivity index (χ3n) is 5.67. The molecule has 0 aliphatic heterocycles. The number of methoxy groups -OCH3 is 2. The van der Waals surface area contributed by atoms with Crippen LogP contribution in [0.15, 0.2) is 47.8 Å². The Kier molecular flexibility index (Phi) is 7.24. The van der Waals surface area contributed by atoms with Crippen LogP contribution in [-0.2, 0) is 4.79 Å². The number of carbonyl (C=O) groups excluding carboxylic acids is 2. The number of thiazole rings is 1. The summed E-state index contributed by atoms with van der Waals surface area (Å²) >= 11 is 1.35. The van der Waals surface area contributed by atoms with E-state index >= 15 is 0 Å². The van der Waals surface area contributed by atoms with Gasteiger partial charge in [0.1, 0.15) is 12.4 Å². The minimum absolute atomic E-state index is 0.00561. The molecular formula is C25H26N2O5S. The minimum Gasteiger partial charge on any atom is -0.497 e. The number of hydrogen-bond acceptors (Lipinski definition) is 7. The Balaban J connectivity index is 1.37. The van der Waals surface area contributed by atoms with Crippen LogP contribution in [-0.4, -0.2) is 37.5 Å². The van der Waals surface area contributed by atoms with E-state index in [1.165, 1.54) is 24.9 Å². The quantitative estimate of drug-likeness (QED) is 0.441. The molecule has 2 aromatic carbocycles. The average molecular weight is 467 g/mol. The molecule has 3 aromatic rings. The van der Waals surface area contributed by atoms with Crippen molar-refractivity contribution in [3.05, 3.63) is 53.4 Å². The lowest BCUT2D eigenvalue weighted by molar-refractivity contribution is -0.122. The van der Waals surface area contributed by atoms with Crippen molar-refractivity contribution >= 4 is 28.2 Å². The summed E-state index contributed by atoms with van der Waals surface area (Å²) in [6, 6.07) is 12.4. The molecule has 172 valence electrons. The highest BCUT2D eigenvalue weighted by Gasteiger charge is 2.21. The normalized spacial score (nSPS) is 13.2. The SMILES string of the molecule is COc1ccc(-c2csc(NC(=O)c3ccc(OCC(=O)CC4CCC4)c(OC)c3)n2)cc1. The van der Waals surface area contributed by atoms with Crippen molar-refractivity contribution in [2.24, 2.45) is 5.92 Å². The Bertz CT molecular complexity index is 1120. The minimum atomic E-state index is -0.309. The Morgan fingerprint density at radius 1 is 1.06 bits per heavy atom. The monoisotopic (exact) mass is 466 g/mol. The van der Waals surface area contributed by atoms with Crippen molar-refractivity contribution in [2.45, 2.75) is 25.7 Å². The Labute approximate surface area is 196 Å². The molecule has 33 heavy (non-hydrogen) atoms. The lowest BCUT2D eigenvalue weighted by Gasteiger charge is -2.24. The zero-order chi connectivity index (χ0) is 23.2. The zero-order valence-corrected chi connectivity index (χ0v) is 19.4. The average Bonchev–Trinajstić information content (AvgIpc) is 3.28. The lowest BCUT2D eigenvalue weighted by atomic mass is 9.82. The summed E-state index contributed by atoms with van der Waals surface area (Å²) in [5, 5.41) is 5.20. The van der Waals surface area contributed by atoms with Gasteiger partial charge in [-0.1, -0.05) is 19.3 Å². The largest absolute Gasteiger partial charge is 0.497 e. The molecule has 0 bridgehead atoms. The topological polar surface area (TPSA) is 86.8 Å². The van der Waals surface area contributed by atoms with Gasteiger partial charge in [-0.3, -0.25) is 14.9 Å². The summed E-state index contributed by atoms with van der Waals surface area (Å²) in [6.45, 7) is 0.00561. The second-order valence-corrected chi connectivity index (χ2v) is 8.77. The number of ether oxygens (including phenoxy) is 3. The fourth-order valence-corrected chi connectivity index (χ4v) is 4.27. The van der Waals surface area contributed by atoms with E-state index in [2.05, 4.69) is 10.3 Å². The number of hydrogen-bond donors (Lipinski definition) is 1. The van der Waals surface area contributed by atoms with Crippen LogP contribution in [0, 0.1) is 5.92 Å². The van der Waals surface area contributed by atoms with Gasteiger partial charge in [0.05, 0.1) is 19.9 Å². The van der Waals surface area contributed by atoms with E-state index in [0.717, 1.165) is 29.8 Å². The summed E-state index contributed by atoms with van der Waals surface area (Å²) in [7, 11) is 3.12. The predicted molar refractivity (Wildman–Crippen MR) is 128 cm³/mol. The molecule has 0 atom stereocenters. The van der Waals surface area contributed by atoms with Gasteiger partial charge in [-0.2, -0.15) is 0 Å². The first kappa shape index (κ1) is 22.8. The maximum Gasteiger partial charge on any atom is 0.257 e. The van der Waals surface area contributed by atoms with Gasteiger partial charge < -0.3 is 14.2 Å². The highest BCUT2D eigenvalue weighted by Crippen LogP contribution is 2.31. The first-order valence-electron chi connectivity index (χ1n) is 10.8. The fraction of sp³-hybridized carbons (Fsp3) is 0.320. The molecule has 1 aliphatic carbocycles. The van der Waals surface area contributed by atoms with Crippen LogP contribution < -0.4 is 19.5 Å². The molecule has 8 heteroatoms. The third kappa shape index (κ3) is 5.70. The van der Waals surface area contributed by atoms with Gasteiger partial charge in [-0.05, 0) is 48.4 Å². The molecule has 0 spiro atoms. The van der Waals surface area contributed by atoms with Gasteiger partial charge in [0, 0.05) is 22.9 Å². The fourth-order valence-electron chi connectivity index (χ4n) is 3.56. The van der Waals surface area contributed by atoms with Crippen LogP contribution in [0.25, 0.3) is 11.3 Å². The van der Waals surface area contributed by atoms with E-state index in [1.807, 2.05) is 29.6 Å². The first-order chi connectivity index (χ1) is 16.1. The summed E-state index contributed by atoms with van der Waals surface area (Å²) in [5.41, 5.74) is 2.11. The predicted octanol–water partition coefficient (Wildman–Crippen LogP) is 5.22. The van der Waals surface area contributed by atoms with Gasteiger partial charge in [-0.15, -0.1) is 11.3 Å². The first-order valence-corrected chi connectivity index (χ1v) is 11.7. The van der Waals surface area contributed by atoms with E-state index in [0.29, 0.717) is 34.5 Å². The maximum absolute atomic E-state index is 12.7. The Morgan fingerprint density at radius 2 is 1.85 bits per heavy atom. The molecule has 0 radical (unpaired) electrons. The van der Waals surface area contributed by atoms with Crippen molar-refractivity contribution in [1.29, 1.82) is 0 Å². The number of aromatic nitrogens is 1. The summed E-state index contributed by atoms with van der Waals surface area (Å²) in [5.74, 6) is 1.89. The van der Waals surface area contributed by atoms with Gasteiger partial charge in [0.25, 0.3) is 5.91 Å². The van der Waals surface area contributed by atoms with Crippen LogP contribution >= 0.6 is 11.3 Å². The Hall–Kier alpha value is -3.39. The molecule has 4 rings (SSSR count). The number of nitrogens with zero attached hydrogens (tertiary/aromatic N) is 1. The van der Waals surface area contributed by atoms with E-state index in [-0.39, 0.29) is 18.3 Å². The summed E-state index contributed by atoms with van der Waals surface area (Å²) in [4.78, 5) is 29.3. The molecule has 7 nitrogen and oxygen atoms in total. The molecular weight excluding hydrogens is 440 g/mol. The summed E-state index contributed by atoms with van der Waals surface area (Å²) < 4.78 is 16.2. The van der Waals surface area contributed by atoms with Crippen molar-refractivity contribution in [3.63, 3.8) is 0 Å². The lowest BCUT2D eigenvalue weighted by Crippen LogP contribution is -2.20. The number of Topliss-reactive ketones (excluding diaryl/α,β-unsaturated/α-hetero) is 1. The van der Waals surface area contributed by atoms with Gasteiger partial charge in [0.15, 0.2) is 22.4 Å². The molecule has 0 saturated heterocycles. The number of rotatable bonds is 10. The van der Waals surface area contributed by atoms with E-state index in [9.17, 15) is 9.59 Å². The second-order valence-electron chi connectivity index (χ2n) is 7.91. The number of nitrogens with one attached hydrogen (secondary N) is 1. The van der Waals surface area contributed by atoms with E-state index in [4.69, 9.17) is 14.2 Å². The van der Waals surface area contributed by atoms with Crippen molar-refractivity contribution in [3.8, 4) is 28.5 Å². The van der Waals surface area contributed by atoms with E-state index in [1.54, 1.807) is 25.3 Å². The van der Waals surface area contributed by atoms with Crippen LogP contribution in [0.4, 0.5) is 5.13 Å². The van der Waals surface area contributed by atoms with Crippen molar-refractivity contribution < 1.29 is 23.8 Å². The standard InChI is InChI=1S/C25H26N2O5S/c1-30-20-9-6-17(7-10-20)21-15-33-25(26-21)27-24(29)18-8-11-22(23(13-18)31-2)32-14-19(28)12-16-4-3-5-16/h6-11,13,15-16H,3-5,12,14H2,1-2H3,(H,26,27,29). The van der Waals surface area contributed by atoms with Gasteiger partial charge in [-0.25, -0.2) is 4.98 Å². The van der Waals surface area contributed by atoms with Crippen LogP contribution in [0.5, 0.6) is 17.2 Å². The smallest absolute Gasteiger partial charge is 0.257 e. The number of carbonyl (C=O) groups is 2. The molecule has 1 aromatic heterocycles. The third-order valence-corrected chi connectivity index (χ3v) is 6.42. The molecule has 0 unspecified atom stereocenters. The Morgan fingerprint density at radius 3 is 2.52 bits per heavy atom. The number of ketones is 1. The zero-order valence-electron chi connectivity index (χ0n) is 18.6. The maximum atomic E-state index is 12.7. The molecule has 1 fully saturated rings. The number of anilines is 1. The summed E-state index contributed by atoms with van der Waals surface area (Å²) in [6.07, 6.45) is 4.02. The number of benzene rings is 2. The molecule has 1 saturated carbocycles. The molecule has 1 aliphatic rings. The highest BCUT2D eigenvalue weighted by atomic mass is 32.1. The molecule has 1 heterocycles. The van der Waals surface area contributed by atoms with Gasteiger partial charge >= 0.3 is 0 Å². The molecule has 1 N–H and O–H groups in total. The second kappa shape index (κ2) is 10.5. The van der Waals surface area contributed by atoms with Crippen LogP contribution in [0.1, 0.15) is 36.0 Å². The van der Waals surface area contributed by atoms with Gasteiger partial charge in [0.2, 0.25) is 0 Å². The highest BCUT2D eigenvalue weighted by molar-refractivity contribution is 7.14. The molecule has 1 amide bonds. The van der Waals surface area contributed by atoms with Crippen molar-refractivity contribution in [2.75, 3.05) is 26.1 Å². The van der Waals surface area contributed by atoms with Crippen molar-refractivity contribution in [1.82, 2.24) is 4.98 Å². The van der Waals surface area contributed by atoms with E-state index < -0.39 is 0 Å². The van der Waals surface area contributed by atoms with Crippen LogP contribution in [0.3, 0.4) is 0 Å². The van der Waals surface area contributed by atoms with Crippen LogP contribution in [0.2, 0.25) is 0 Å². The number of amides is 1.